The van der Waals surface area contributed by atoms with Crippen LogP contribution >= 0.6 is 0 Å². The maximum Gasteiger partial charge on any atom is 0.0670 e. The number of nitrogens with two attached hydrogens (primary N) is 1. The van der Waals surface area contributed by atoms with Crippen molar-refractivity contribution in [1.29, 1.82) is 5.26 Å². The van der Waals surface area contributed by atoms with E-state index in [-0.39, 0.29) is 0 Å². The number of hydrogen-bond acceptors (Lipinski definition) is 3. The first kappa shape index (κ1) is 11.0. The van der Waals surface area contributed by atoms with Crippen LogP contribution in [0.2, 0.25) is 0 Å². The number of nitrogens with one attached hydrogen (secondary N) is 1. The van der Waals surface area contributed by atoms with Gasteiger partial charge in [-0.05, 0) is 35.9 Å². The van der Waals surface area contributed by atoms with E-state index in [2.05, 4.69) is 11.4 Å². The molecule has 0 amide bonds. The number of hydrogen-bond donors (Lipinski definition) is 2. The van der Waals surface area contributed by atoms with Crippen LogP contribution in [0.3, 0.4) is 0 Å². The molecular formula is C14H13N3. The number of nitrogens with zero attached hydrogens (tertiary/aromatic N) is 1. The summed E-state index contributed by atoms with van der Waals surface area (Å²) in [5.41, 5.74) is 9.26. The normalized spacial score (nSPS) is 9.59. The highest BCUT2D eigenvalue weighted by Gasteiger charge is 2.01. The Bertz CT molecular complexity index is 541. The van der Waals surface area contributed by atoms with E-state index in [9.17, 15) is 0 Å². The van der Waals surface area contributed by atoms with Crippen molar-refractivity contribution in [2.45, 2.75) is 6.42 Å². The number of rotatable bonds is 3. The molecule has 0 aliphatic carbocycles. The van der Waals surface area contributed by atoms with Crippen molar-refractivity contribution in [2.75, 3.05) is 11.1 Å². The van der Waals surface area contributed by atoms with Gasteiger partial charge in [0.25, 0.3) is 0 Å². The second-order valence-corrected chi connectivity index (χ2v) is 3.74. The van der Waals surface area contributed by atoms with Crippen LogP contribution in [0.1, 0.15) is 5.56 Å². The molecule has 0 spiro atoms. The fourth-order valence-electron chi connectivity index (χ4n) is 1.61. The van der Waals surface area contributed by atoms with Gasteiger partial charge in [0.05, 0.1) is 12.5 Å². The molecule has 2 rings (SSSR count). The smallest absolute Gasteiger partial charge is 0.0670 e. The molecule has 84 valence electrons. The molecule has 17 heavy (non-hydrogen) atoms. The Kier molecular flexibility index (Phi) is 3.27. The van der Waals surface area contributed by atoms with Crippen molar-refractivity contribution in [3.8, 4) is 6.07 Å². The monoisotopic (exact) mass is 223 g/mol. The summed E-state index contributed by atoms with van der Waals surface area (Å²) in [5.74, 6) is 0. The Labute approximate surface area is 101 Å². The topological polar surface area (TPSA) is 61.8 Å². The first-order chi connectivity index (χ1) is 8.29. The molecule has 0 atom stereocenters. The van der Waals surface area contributed by atoms with Crippen molar-refractivity contribution in [3.63, 3.8) is 0 Å². The average Bonchev–Trinajstić information content (AvgIpc) is 2.35. The number of para-hydroxylation sites is 1. The summed E-state index contributed by atoms with van der Waals surface area (Å²) in [5, 5.41) is 12.0. The summed E-state index contributed by atoms with van der Waals surface area (Å²) >= 11 is 0. The molecule has 0 saturated heterocycles. The fraction of sp³-hybridized carbons (Fsp3) is 0.0714. The summed E-state index contributed by atoms with van der Waals surface area (Å²) in [6.45, 7) is 0. The third-order valence-electron chi connectivity index (χ3n) is 2.47. The van der Waals surface area contributed by atoms with Crippen molar-refractivity contribution in [1.82, 2.24) is 0 Å². The first-order valence-electron chi connectivity index (χ1n) is 5.37. The highest BCUT2D eigenvalue weighted by molar-refractivity contribution is 5.64. The van der Waals surface area contributed by atoms with Crippen molar-refractivity contribution in [2.24, 2.45) is 0 Å². The average molecular weight is 223 g/mol. The van der Waals surface area contributed by atoms with Crippen LogP contribution in [0.25, 0.3) is 0 Å². The third-order valence-corrected chi connectivity index (χ3v) is 2.47. The second-order valence-electron chi connectivity index (χ2n) is 3.74. The molecule has 3 N–H and O–H groups in total. The van der Waals surface area contributed by atoms with Gasteiger partial charge in [0.15, 0.2) is 0 Å². The summed E-state index contributed by atoms with van der Waals surface area (Å²) < 4.78 is 0. The Morgan fingerprint density at radius 2 is 1.82 bits per heavy atom. The van der Waals surface area contributed by atoms with E-state index in [0.717, 1.165) is 16.9 Å². The Balaban J connectivity index is 2.23. The van der Waals surface area contributed by atoms with Gasteiger partial charge in [-0.2, -0.15) is 5.26 Å². The van der Waals surface area contributed by atoms with Crippen LogP contribution in [0.15, 0.2) is 48.5 Å². The molecular weight excluding hydrogens is 210 g/mol. The molecule has 3 heteroatoms. The standard InChI is InChI=1S/C14H13N3/c15-9-8-11-10-13(6-7-14(11)16)17-12-4-2-1-3-5-12/h1-7,10,17H,8,16H2. The van der Waals surface area contributed by atoms with Crippen LogP contribution in [0, 0.1) is 11.3 Å². The van der Waals surface area contributed by atoms with Gasteiger partial charge in [-0.25, -0.2) is 0 Å². The van der Waals surface area contributed by atoms with E-state index in [0.29, 0.717) is 12.1 Å². The van der Waals surface area contributed by atoms with Crippen molar-refractivity contribution < 1.29 is 0 Å². The summed E-state index contributed by atoms with van der Waals surface area (Å²) in [6, 6.07) is 17.6. The zero-order chi connectivity index (χ0) is 12.1. The highest BCUT2D eigenvalue weighted by atomic mass is 14.9. The first-order valence-corrected chi connectivity index (χ1v) is 5.37. The van der Waals surface area contributed by atoms with Crippen LogP contribution in [-0.4, -0.2) is 0 Å². The minimum atomic E-state index is 0.330. The molecule has 0 radical (unpaired) electrons. The van der Waals surface area contributed by atoms with Gasteiger partial charge in [0, 0.05) is 17.1 Å². The molecule has 0 aromatic heterocycles. The lowest BCUT2D eigenvalue weighted by molar-refractivity contribution is 1.27. The predicted octanol–water partition coefficient (Wildman–Crippen LogP) is 3.08. The van der Waals surface area contributed by atoms with Gasteiger partial charge >= 0.3 is 0 Å². The van der Waals surface area contributed by atoms with Crippen molar-refractivity contribution >= 4 is 17.1 Å². The summed E-state index contributed by atoms with van der Waals surface area (Å²) in [4.78, 5) is 0. The molecule has 0 aliphatic rings. The van der Waals surface area contributed by atoms with Crippen LogP contribution in [-0.2, 0) is 6.42 Å². The van der Waals surface area contributed by atoms with E-state index in [4.69, 9.17) is 11.0 Å². The van der Waals surface area contributed by atoms with Gasteiger partial charge in [-0.1, -0.05) is 18.2 Å². The lowest BCUT2D eigenvalue weighted by Gasteiger charge is -2.09. The van der Waals surface area contributed by atoms with Gasteiger partial charge in [0.2, 0.25) is 0 Å². The van der Waals surface area contributed by atoms with Crippen LogP contribution < -0.4 is 11.1 Å². The second kappa shape index (κ2) is 5.04. The summed E-state index contributed by atoms with van der Waals surface area (Å²) in [6.07, 6.45) is 0.330. The van der Waals surface area contributed by atoms with E-state index in [1.807, 2.05) is 48.5 Å². The van der Waals surface area contributed by atoms with Gasteiger partial charge in [-0.15, -0.1) is 0 Å². The van der Waals surface area contributed by atoms with Gasteiger partial charge < -0.3 is 11.1 Å². The van der Waals surface area contributed by atoms with Gasteiger partial charge in [0.1, 0.15) is 0 Å². The van der Waals surface area contributed by atoms with Gasteiger partial charge in [-0.3, -0.25) is 0 Å². The Morgan fingerprint density at radius 3 is 2.53 bits per heavy atom. The molecule has 0 saturated carbocycles. The largest absolute Gasteiger partial charge is 0.398 e. The zero-order valence-corrected chi connectivity index (χ0v) is 9.35. The molecule has 0 aliphatic heterocycles. The zero-order valence-electron chi connectivity index (χ0n) is 9.35. The highest BCUT2D eigenvalue weighted by Crippen LogP contribution is 2.21. The molecule has 0 heterocycles. The minimum Gasteiger partial charge on any atom is -0.398 e. The molecule has 2 aromatic carbocycles. The number of nitriles is 1. The van der Waals surface area contributed by atoms with E-state index in [1.165, 1.54) is 0 Å². The SMILES string of the molecule is N#CCc1cc(Nc2ccccc2)ccc1N. The van der Waals surface area contributed by atoms with Crippen LogP contribution in [0.5, 0.6) is 0 Å². The van der Waals surface area contributed by atoms with E-state index in [1.54, 1.807) is 0 Å². The lowest BCUT2D eigenvalue weighted by Crippen LogP contribution is -1.96. The van der Waals surface area contributed by atoms with E-state index >= 15 is 0 Å². The number of benzene rings is 2. The molecule has 0 fully saturated rings. The predicted molar refractivity (Wildman–Crippen MR) is 69.9 cm³/mol. The molecule has 3 nitrogen and oxygen atoms in total. The third kappa shape index (κ3) is 2.76. The minimum absolute atomic E-state index is 0.330. The molecule has 2 aromatic rings. The van der Waals surface area contributed by atoms with E-state index < -0.39 is 0 Å². The molecule has 0 unspecified atom stereocenters. The van der Waals surface area contributed by atoms with Crippen molar-refractivity contribution in [3.05, 3.63) is 54.1 Å². The molecule has 0 bridgehead atoms. The lowest BCUT2D eigenvalue weighted by atomic mass is 10.1. The maximum absolute atomic E-state index is 8.70. The Hall–Kier alpha value is -2.47. The quantitative estimate of drug-likeness (QED) is 0.786. The maximum atomic E-state index is 8.70. The fourth-order valence-corrected chi connectivity index (χ4v) is 1.61. The number of nitrogen functional groups attached to an aromatic ring is 1. The Morgan fingerprint density at radius 1 is 1.06 bits per heavy atom. The summed E-state index contributed by atoms with van der Waals surface area (Å²) in [7, 11) is 0. The number of anilines is 3. The van der Waals surface area contributed by atoms with Crippen LogP contribution in [0.4, 0.5) is 17.1 Å².